The minimum absolute atomic E-state index is 0.194. The smallest absolute Gasteiger partial charge is 0.260 e. The lowest BCUT2D eigenvalue weighted by Gasteiger charge is -2.26. The van der Waals surface area contributed by atoms with Gasteiger partial charge in [0, 0.05) is 12.7 Å². The SMILES string of the molecule is COc1ccc(CN(c2ccc(F)c(Nc3ccc4ncn(C)c(=O)c4c3)c2F)S(=O)(=O)CCCF)cc1. The number of rotatable bonds is 10. The number of fused-ring (bicyclic) bond motifs is 1. The highest BCUT2D eigenvalue weighted by atomic mass is 32.2. The number of anilines is 3. The standard InChI is InChI=1S/C26H25F3N4O4S/c1-32-16-30-22-10-6-18(14-20(22)26(32)34)31-25-21(28)9-11-23(24(25)29)33(38(35,36)13-3-12-27)15-17-4-7-19(37-2)8-5-17/h4-11,14,16,31H,3,12-13,15H2,1-2H3. The number of aryl methyl sites for hydroxylation is 1. The van der Waals surface area contributed by atoms with Gasteiger partial charge in [0.15, 0.2) is 5.82 Å². The Morgan fingerprint density at radius 3 is 2.50 bits per heavy atom. The minimum atomic E-state index is -4.20. The monoisotopic (exact) mass is 546 g/mol. The van der Waals surface area contributed by atoms with Crippen molar-refractivity contribution in [2.75, 3.05) is 29.2 Å². The number of ether oxygens (including phenoxy) is 1. The van der Waals surface area contributed by atoms with Crippen molar-refractivity contribution in [3.8, 4) is 5.75 Å². The molecule has 0 bridgehead atoms. The molecule has 0 aliphatic heterocycles. The lowest BCUT2D eigenvalue weighted by atomic mass is 10.2. The number of aromatic nitrogens is 2. The number of nitrogens with one attached hydrogen (secondary N) is 1. The Labute approximate surface area is 217 Å². The lowest BCUT2D eigenvalue weighted by Crippen LogP contribution is -2.33. The molecule has 0 aliphatic carbocycles. The second kappa shape index (κ2) is 11.1. The molecule has 8 nitrogen and oxygen atoms in total. The normalized spacial score (nSPS) is 11.5. The predicted octanol–water partition coefficient (Wildman–Crippen LogP) is 4.66. The molecule has 4 rings (SSSR count). The molecule has 0 saturated heterocycles. The number of hydrogen-bond acceptors (Lipinski definition) is 6. The van der Waals surface area contributed by atoms with Crippen LogP contribution >= 0.6 is 0 Å². The molecule has 38 heavy (non-hydrogen) atoms. The fourth-order valence-corrected chi connectivity index (χ4v) is 5.34. The maximum atomic E-state index is 15.8. The first-order valence-corrected chi connectivity index (χ1v) is 13.1. The summed E-state index contributed by atoms with van der Waals surface area (Å²) in [6, 6.07) is 12.8. The highest BCUT2D eigenvalue weighted by molar-refractivity contribution is 7.92. The molecule has 1 heterocycles. The Kier molecular flexibility index (Phi) is 7.91. The van der Waals surface area contributed by atoms with Gasteiger partial charge in [0.05, 0.1) is 49.0 Å². The Hall–Kier alpha value is -4.06. The molecule has 0 aliphatic rings. The van der Waals surface area contributed by atoms with Crippen molar-refractivity contribution >= 4 is 38.0 Å². The van der Waals surface area contributed by atoms with Gasteiger partial charge in [0.1, 0.15) is 17.3 Å². The molecule has 0 unspecified atom stereocenters. The average molecular weight is 547 g/mol. The van der Waals surface area contributed by atoms with E-state index in [9.17, 15) is 22.0 Å². The summed E-state index contributed by atoms with van der Waals surface area (Å²) in [4.78, 5) is 16.6. The highest BCUT2D eigenvalue weighted by Crippen LogP contribution is 2.34. The van der Waals surface area contributed by atoms with Gasteiger partial charge in [-0.1, -0.05) is 12.1 Å². The Bertz CT molecular complexity index is 1630. The van der Waals surface area contributed by atoms with Crippen LogP contribution in [0.15, 0.2) is 65.7 Å². The summed E-state index contributed by atoms with van der Waals surface area (Å²) in [5.41, 5.74) is -0.272. The number of methoxy groups -OCH3 is 1. The Morgan fingerprint density at radius 1 is 1.08 bits per heavy atom. The van der Waals surface area contributed by atoms with Crippen LogP contribution in [0.2, 0.25) is 0 Å². The van der Waals surface area contributed by atoms with Gasteiger partial charge in [0.25, 0.3) is 5.56 Å². The number of nitrogens with zero attached hydrogens (tertiary/aromatic N) is 3. The van der Waals surface area contributed by atoms with Crippen molar-refractivity contribution in [1.82, 2.24) is 9.55 Å². The number of benzene rings is 3. The third-order valence-electron chi connectivity index (χ3n) is 5.88. The summed E-state index contributed by atoms with van der Waals surface area (Å²) in [6.45, 7) is -1.15. The van der Waals surface area contributed by atoms with E-state index in [1.54, 1.807) is 24.3 Å². The molecule has 0 amide bonds. The number of halogens is 3. The maximum absolute atomic E-state index is 15.8. The van der Waals surface area contributed by atoms with Gasteiger partial charge < -0.3 is 14.6 Å². The van der Waals surface area contributed by atoms with E-state index >= 15 is 4.39 Å². The topological polar surface area (TPSA) is 93.5 Å². The van der Waals surface area contributed by atoms with Crippen molar-refractivity contribution in [3.05, 3.63) is 88.5 Å². The van der Waals surface area contributed by atoms with Crippen LogP contribution in [-0.4, -0.2) is 37.5 Å². The quantitative estimate of drug-likeness (QED) is 0.311. The summed E-state index contributed by atoms with van der Waals surface area (Å²) in [6.07, 6.45) is 1.08. The Morgan fingerprint density at radius 2 is 1.82 bits per heavy atom. The third-order valence-corrected chi connectivity index (χ3v) is 7.68. The van der Waals surface area contributed by atoms with E-state index in [0.29, 0.717) is 16.8 Å². The van der Waals surface area contributed by atoms with Crippen molar-refractivity contribution in [1.29, 1.82) is 0 Å². The second-order valence-corrected chi connectivity index (χ2v) is 10.5. The van der Waals surface area contributed by atoms with Gasteiger partial charge in [-0.25, -0.2) is 22.2 Å². The van der Waals surface area contributed by atoms with Gasteiger partial charge in [-0.15, -0.1) is 0 Å². The van der Waals surface area contributed by atoms with Gasteiger partial charge in [0.2, 0.25) is 10.0 Å². The maximum Gasteiger partial charge on any atom is 0.260 e. The molecule has 0 atom stereocenters. The molecule has 0 saturated carbocycles. The van der Waals surface area contributed by atoms with Crippen LogP contribution in [0.25, 0.3) is 10.9 Å². The summed E-state index contributed by atoms with van der Waals surface area (Å²) < 4.78 is 77.0. The summed E-state index contributed by atoms with van der Waals surface area (Å²) >= 11 is 0. The van der Waals surface area contributed by atoms with E-state index in [4.69, 9.17) is 4.74 Å². The fourth-order valence-electron chi connectivity index (χ4n) is 3.86. The zero-order valence-electron chi connectivity index (χ0n) is 20.6. The molecule has 200 valence electrons. The first-order chi connectivity index (χ1) is 18.1. The first kappa shape index (κ1) is 27.0. The lowest BCUT2D eigenvalue weighted by molar-refractivity contribution is 0.414. The van der Waals surface area contributed by atoms with Crippen molar-refractivity contribution in [3.63, 3.8) is 0 Å². The molecule has 1 aromatic heterocycles. The highest BCUT2D eigenvalue weighted by Gasteiger charge is 2.28. The summed E-state index contributed by atoms with van der Waals surface area (Å²) in [7, 11) is -1.19. The van der Waals surface area contributed by atoms with Crippen LogP contribution in [0.4, 0.5) is 30.2 Å². The van der Waals surface area contributed by atoms with E-state index in [2.05, 4.69) is 10.3 Å². The second-order valence-electron chi connectivity index (χ2n) is 8.49. The van der Waals surface area contributed by atoms with E-state index in [0.717, 1.165) is 16.4 Å². The summed E-state index contributed by atoms with van der Waals surface area (Å²) in [5.74, 6) is -2.17. The van der Waals surface area contributed by atoms with Gasteiger partial charge >= 0.3 is 0 Å². The van der Waals surface area contributed by atoms with Crippen LogP contribution in [0.1, 0.15) is 12.0 Å². The van der Waals surface area contributed by atoms with Crippen LogP contribution < -0.4 is 19.9 Å². The van der Waals surface area contributed by atoms with Gasteiger partial charge in [-0.2, -0.15) is 0 Å². The first-order valence-electron chi connectivity index (χ1n) is 11.5. The van der Waals surface area contributed by atoms with Crippen LogP contribution in [0.5, 0.6) is 5.75 Å². The van der Waals surface area contributed by atoms with E-state index < -0.39 is 45.5 Å². The number of hydrogen-bond donors (Lipinski definition) is 1. The molecule has 3 aromatic carbocycles. The molecule has 4 aromatic rings. The van der Waals surface area contributed by atoms with Crippen LogP contribution in [-0.2, 0) is 23.6 Å². The minimum Gasteiger partial charge on any atom is -0.497 e. The van der Waals surface area contributed by atoms with Gasteiger partial charge in [-0.05, 0) is 54.4 Å². The molecule has 0 spiro atoms. The van der Waals surface area contributed by atoms with E-state index in [1.165, 1.54) is 43.3 Å². The number of sulfonamides is 1. The number of alkyl halides is 1. The molecule has 12 heteroatoms. The predicted molar refractivity (Wildman–Crippen MR) is 140 cm³/mol. The molecule has 0 fully saturated rings. The van der Waals surface area contributed by atoms with Crippen molar-refractivity contribution in [2.24, 2.45) is 7.05 Å². The molecular weight excluding hydrogens is 521 g/mol. The fraction of sp³-hybridized carbons (Fsp3) is 0.231. The Balaban J connectivity index is 1.76. The van der Waals surface area contributed by atoms with Crippen molar-refractivity contribution in [2.45, 2.75) is 13.0 Å². The van der Waals surface area contributed by atoms with E-state index in [-0.39, 0.29) is 29.6 Å². The third kappa shape index (κ3) is 5.59. The molecule has 1 N–H and O–H groups in total. The van der Waals surface area contributed by atoms with Crippen LogP contribution in [0.3, 0.4) is 0 Å². The largest absolute Gasteiger partial charge is 0.497 e. The van der Waals surface area contributed by atoms with Crippen molar-refractivity contribution < 1.29 is 26.3 Å². The summed E-state index contributed by atoms with van der Waals surface area (Å²) in [5, 5.41) is 2.85. The molecule has 0 radical (unpaired) electrons. The zero-order valence-corrected chi connectivity index (χ0v) is 21.4. The van der Waals surface area contributed by atoms with Crippen LogP contribution in [0, 0.1) is 11.6 Å². The van der Waals surface area contributed by atoms with Gasteiger partial charge in [-0.3, -0.25) is 13.5 Å². The van der Waals surface area contributed by atoms with E-state index in [1.807, 2.05) is 0 Å². The average Bonchev–Trinajstić information content (AvgIpc) is 2.91. The zero-order chi connectivity index (χ0) is 27.4. The molecular formula is C26H25F3N4O4S.